The van der Waals surface area contributed by atoms with Crippen molar-refractivity contribution in [3.8, 4) is 0 Å². The van der Waals surface area contributed by atoms with Gasteiger partial charge in [0.2, 0.25) is 0 Å². The van der Waals surface area contributed by atoms with E-state index in [-0.39, 0.29) is 0 Å². The molecule has 0 aliphatic carbocycles. The molecule has 2 aromatic rings. The molecular formula is C17H25N5O2S. The van der Waals surface area contributed by atoms with Crippen LogP contribution in [0.25, 0.3) is 5.52 Å². The highest BCUT2D eigenvalue weighted by atomic mass is 32.2. The molecule has 2 fully saturated rings. The van der Waals surface area contributed by atoms with E-state index in [2.05, 4.69) is 16.1 Å². The molecule has 25 heavy (non-hydrogen) atoms. The van der Waals surface area contributed by atoms with Gasteiger partial charge in [-0.1, -0.05) is 6.07 Å². The number of hydrogen-bond acceptors (Lipinski definition) is 4. The normalized spacial score (nSPS) is 21.8. The Labute approximate surface area is 149 Å². The number of pyridine rings is 1. The van der Waals surface area contributed by atoms with Gasteiger partial charge < -0.3 is 0 Å². The zero-order chi connectivity index (χ0) is 17.3. The van der Waals surface area contributed by atoms with E-state index in [0.717, 1.165) is 50.1 Å². The van der Waals surface area contributed by atoms with E-state index in [4.69, 9.17) is 0 Å². The number of fused-ring (bicyclic) bond motifs is 1. The molecule has 4 rings (SSSR count). The lowest BCUT2D eigenvalue weighted by atomic mass is 10.3. The van der Waals surface area contributed by atoms with Crippen LogP contribution in [0.15, 0.2) is 30.5 Å². The molecule has 8 heteroatoms. The first-order chi connectivity index (χ1) is 12.1. The number of hydrogen-bond donors (Lipinski definition) is 0. The van der Waals surface area contributed by atoms with Crippen LogP contribution in [0.4, 0.5) is 0 Å². The monoisotopic (exact) mass is 363 g/mol. The van der Waals surface area contributed by atoms with Gasteiger partial charge in [-0.25, -0.2) is 4.52 Å². The minimum absolute atomic E-state index is 0.563. The summed E-state index contributed by atoms with van der Waals surface area (Å²) in [5.41, 5.74) is 2.23. The lowest BCUT2D eigenvalue weighted by molar-refractivity contribution is 0.271. The summed E-state index contributed by atoms with van der Waals surface area (Å²) in [6.07, 6.45) is 4.63. The summed E-state index contributed by atoms with van der Waals surface area (Å²) in [5.74, 6) is 0. The summed E-state index contributed by atoms with van der Waals surface area (Å²) in [5, 5.41) is 4.39. The van der Waals surface area contributed by atoms with Gasteiger partial charge in [0.25, 0.3) is 10.2 Å². The molecule has 0 saturated carbocycles. The van der Waals surface area contributed by atoms with Crippen LogP contribution >= 0.6 is 0 Å². The van der Waals surface area contributed by atoms with Crippen LogP contribution in [0.3, 0.4) is 0 Å². The smallest absolute Gasteiger partial charge is 0.282 e. The van der Waals surface area contributed by atoms with Crippen molar-refractivity contribution < 1.29 is 8.42 Å². The van der Waals surface area contributed by atoms with Gasteiger partial charge in [-0.15, -0.1) is 0 Å². The molecular weight excluding hydrogens is 338 g/mol. The van der Waals surface area contributed by atoms with Crippen molar-refractivity contribution >= 4 is 15.7 Å². The van der Waals surface area contributed by atoms with Gasteiger partial charge in [0.15, 0.2) is 0 Å². The van der Waals surface area contributed by atoms with Gasteiger partial charge >= 0.3 is 0 Å². The van der Waals surface area contributed by atoms with Crippen LogP contribution in [0.2, 0.25) is 0 Å². The Kier molecular flexibility index (Phi) is 4.77. The average Bonchev–Trinajstić information content (AvgIpc) is 3.25. The zero-order valence-corrected chi connectivity index (χ0v) is 15.2. The molecule has 0 amide bonds. The van der Waals surface area contributed by atoms with Crippen molar-refractivity contribution in [2.75, 3.05) is 39.3 Å². The van der Waals surface area contributed by atoms with Gasteiger partial charge in [0.05, 0.1) is 11.2 Å². The van der Waals surface area contributed by atoms with Crippen LogP contribution in [0.1, 0.15) is 25.0 Å². The van der Waals surface area contributed by atoms with Gasteiger partial charge in [-0.3, -0.25) is 4.90 Å². The van der Waals surface area contributed by atoms with Gasteiger partial charge in [-0.05, 0) is 44.0 Å². The van der Waals surface area contributed by atoms with Gasteiger partial charge in [0, 0.05) is 45.5 Å². The van der Waals surface area contributed by atoms with Crippen LogP contribution in [0, 0.1) is 0 Å². The zero-order valence-electron chi connectivity index (χ0n) is 14.4. The predicted octanol–water partition coefficient (Wildman–Crippen LogP) is 1.18. The highest BCUT2D eigenvalue weighted by Gasteiger charge is 2.32. The molecule has 0 N–H and O–H groups in total. The van der Waals surface area contributed by atoms with E-state index in [1.54, 1.807) is 8.61 Å². The maximum absolute atomic E-state index is 12.8. The van der Waals surface area contributed by atoms with E-state index in [1.165, 1.54) is 0 Å². The van der Waals surface area contributed by atoms with E-state index in [9.17, 15) is 8.42 Å². The van der Waals surface area contributed by atoms with Crippen molar-refractivity contribution in [3.63, 3.8) is 0 Å². The number of rotatable bonds is 4. The highest BCUT2D eigenvalue weighted by molar-refractivity contribution is 7.86. The molecule has 0 spiro atoms. The van der Waals surface area contributed by atoms with Crippen molar-refractivity contribution in [1.82, 2.24) is 23.1 Å². The largest absolute Gasteiger partial charge is 0.296 e. The van der Waals surface area contributed by atoms with Crippen LogP contribution in [-0.4, -0.2) is 70.8 Å². The molecule has 2 aromatic heterocycles. The average molecular weight is 363 g/mol. The third-order valence-corrected chi connectivity index (χ3v) is 7.19. The summed E-state index contributed by atoms with van der Waals surface area (Å²) in [6, 6.07) is 8.18. The Balaban J connectivity index is 1.44. The molecule has 2 aliphatic heterocycles. The van der Waals surface area contributed by atoms with Crippen molar-refractivity contribution in [2.45, 2.75) is 25.8 Å². The minimum atomic E-state index is -3.28. The molecule has 136 valence electrons. The summed E-state index contributed by atoms with van der Waals surface area (Å²) in [4.78, 5) is 2.33. The van der Waals surface area contributed by atoms with Crippen LogP contribution in [-0.2, 0) is 16.8 Å². The standard InChI is InChI=1S/C17H25N5O2S/c23-25(24,20-10-1-2-11-20)21-12-4-9-19(13-14-21)15-17-6-3-5-16-7-8-18-22(16)17/h3,5-8H,1-2,4,9-15H2. The molecule has 7 nitrogen and oxygen atoms in total. The lowest BCUT2D eigenvalue weighted by Crippen LogP contribution is -2.44. The Morgan fingerprint density at radius 2 is 1.64 bits per heavy atom. The Hall–Kier alpha value is -1.48. The number of aromatic nitrogens is 2. The maximum Gasteiger partial charge on any atom is 0.282 e. The highest BCUT2D eigenvalue weighted by Crippen LogP contribution is 2.19. The van der Waals surface area contributed by atoms with Crippen molar-refractivity contribution in [3.05, 3.63) is 36.2 Å². The topological polar surface area (TPSA) is 61.2 Å². The van der Waals surface area contributed by atoms with E-state index < -0.39 is 10.2 Å². The second-order valence-electron chi connectivity index (χ2n) is 6.83. The molecule has 0 atom stereocenters. The van der Waals surface area contributed by atoms with Gasteiger partial charge in [-0.2, -0.15) is 22.1 Å². The Bertz CT molecular complexity index is 828. The fourth-order valence-corrected chi connectivity index (χ4v) is 5.49. The first kappa shape index (κ1) is 17.0. The first-order valence-electron chi connectivity index (χ1n) is 9.04. The maximum atomic E-state index is 12.8. The predicted molar refractivity (Wildman–Crippen MR) is 96.4 cm³/mol. The second-order valence-corrected chi connectivity index (χ2v) is 8.76. The van der Waals surface area contributed by atoms with E-state index in [1.807, 2.05) is 28.9 Å². The quantitative estimate of drug-likeness (QED) is 0.819. The molecule has 0 unspecified atom stereocenters. The Morgan fingerprint density at radius 1 is 0.880 bits per heavy atom. The van der Waals surface area contributed by atoms with Crippen molar-refractivity contribution in [1.29, 1.82) is 0 Å². The summed E-state index contributed by atoms with van der Waals surface area (Å²) >= 11 is 0. The van der Waals surface area contributed by atoms with Crippen molar-refractivity contribution in [2.24, 2.45) is 0 Å². The van der Waals surface area contributed by atoms with Gasteiger partial charge in [0.1, 0.15) is 0 Å². The fourth-order valence-electron chi connectivity index (χ4n) is 3.78. The third-order valence-electron chi connectivity index (χ3n) is 5.15. The first-order valence-corrected chi connectivity index (χ1v) is 10.4. The Morgan fingerprint density at radius 3 is 2.48 bits per heavy atom. The van der Waals surface area contributed by atoms with E-state index >= 15 is 0 Å². The second kappa shape index (κ2) is 7.03. The number of nitrogens with zero attached hydrogens (tertiary/aromatic N) is 5. The van der Waals surface area contributed by atoms with Crippen LogP contribution < -0.4 is 0 Å². The molecule has 2 aliphatic rings. The summed E-state index contributed by atoms with van der Waals surface area (Å²) in [6.45, 7) is 4.97. The lowest BCUT2D eigenvalue weighted by Gasteiger charge is -2.26. The summed E-state index contributed by atoms with van der Waals surface area (Å²) in [7, 11) is -3.28. The molecule has 0 aromatic carbocycles. The molecule has 0 radical (unpaired) electrons. The molecule has 0 bridgehead atoms. The SMILES string of the molecule is O=S(=O)(N1CCCC1)N1CCCN(Cc2cccc3ccnn23)CC1. The molecule has 4 heterocycles. The molecule has 2 saturated heterocycles. The fraction of sp³-hybridized carbons (Fsp3) is 0.588. The minimum Gasteiger partial charge on any atom is -0.296 e. The summed E-state index contributed by atoms with van der Waals surface area (Å²) < 4.78 is 30.8. The van der Waals surface area contributed by atoms with E-state index in [0.29, 0.717) is 26.2 Å². The van der Waals surface area contributed by atoms with Crippen LogP contribution in [0.5, 0.6) is 0 Å². The third kappa shape index (κ3) is 3.44.